The Hall–Kier alpha value is -2.47. The molecule has 0 radical (unpaired) electrons. The summed E-state index contributed by atoms with van der Waals surface area (Å²) >= 11 is 0. The topological polar surface area (TPSA) is 78.3 Å². The second-order valence-corrected chi connectivity index (χ2v) is 6.11. The van der Waals surface area contributed by atoms with Crippen LogP contribution < -0.4 is 5.32 Å². The SMILES string of the molecule is CN(CC1(CO)CC1)C(=O)c1cnc(Nc2ccccc2)nc1. The van der Waals surface area contributed by atoms with Gasteiger partial charge in [0.15, 0.2) is 0 Å². The molecule has 1 aromatic heterocycles. The number of aromatic nitrogens is 2. The fourth-order valence-electron chi connectivity index (χ4n) is 2.49. The number of amides is 1. The molecule has 6 nitrogen and oxygen atoms in total. The van der Waals surface area contributed by atoms with Gasteiger partial charge in [-0.05, 0) is 25.0 Å². The first-order valence-corrected chi connectivity index (χ1v) is 7.62. The first-order valence-electron chi connectivity index (χ1n) is 7.62. The highest BCUT2D eigenvalue weighted by Crippen LogP contribution is 2.45. The summed E-state index contributed by atoms with van der Waals surface area (Å²) in [6, 6.07) is 9.61. The van der Waals surface area contributed by atoms with Crippen LogP contribution in [0.4, 0.5) is 11.6 Å². The molecule has 1 aliphatic rings. The van der Waals surface area contributed by atoms with E-state index in [1.807, 2.05) is 30.3 Å². The van der Waals surface area contributed by atoms with Gasteiger partial charge in [-0.3, -0.25) is 4.79 Å². The number of aliphatic hydroxyl groups is 1. The monoisotopic (exact) mass is 312 g/mol. The Morgan fingerprint density at radius 2 is 1.91 bits per heavy atom. The van der Waals surface area contributed by atoms with Gasteiger partial charge in [0.05, 0.1) is 12.2 Å². The van der Waals surface area contributed by atoms with Gasteiger partial charge in [-0.2, -0.15) is 0 Å². The molecule has 0 saturated heterocycles. The number of carbonyl (C=O) groups excluding carboxylic acids is 1. The number of nitrogens with zero attached hydrogens (tertiary/aromatic N) is 3. The zero-order chi connectivity index (χ0) is 16.3. The van der Waals surface area contributed by atoms with Gasteiger partial charge in [-0.15, -0.1) is 0 Å². The van der Waals surface area contributed by atoms with E-state index in [1.54, 1.807) is 11.9 Å². The van der Waals surface area contributed by atoms with Gasteiger partial charge in [0.1, 0.15) is 0 Å². The summed E-state index contributed by atoms with van der Waals surface area (Å²) in [7, 11) is 1.74. The van der Waals surface area contributed by atoms with Crippen LogP contribution >= 0.6 is 0 Å². The maximum Gasteiger partial charge on any atom is 0.256 e. The van der Waals surface area contributed by atoms with Gasteiger partial charge in [0, 0.05) is 37.1 Å². The van der Waals surface area contributed by atoms with Crippen molar-refractivity contribution in [2.24, 2.45) is 5.41 Å². The molecule has 1 amide bonds. The molecule has 1 saturated carbocycles. The van der Waals surface area contributed by atoms with Gasteiger partial charge >= 0.3 is 0 Å². The number of para-hydroxylation sites is 1. The van der Waals surface area contributed by atoms with E-state index in [1.165, 1.54) is 12.4 Å². The molecule has 0 aliphatic heterocycles. The molecule has 3 rings (SSSR count). The molecule has 0 spiro atoms. The van der Waals surface area contributed by atoms with Crippen molar-refractivity contribution in [1.82, 2.24) is 14.9 Å². The van der Waals surface area contributed by atoms with E-state index in [0.717, 1.165) is 18.5 Å². The molecular weight excluding hydrogens is 292 g/mol. The normalized spacial score (nSPS) is 15.0. The third kappa shape index (κ3) is 3.65. The molecule has 2 N–H and O–H groups in total. The summed E-state index contributed by atoms with van der Waals surface area (Å²) in [6.45, 7) is 0.688. The Morgan fingerprint density at radius 3 is 2.48 bits per heavy atom. The lowest BCUT2D eigenvalue weighted by molar-refractivity contribution is 0.0733. The van der Waals surface area contributed by atoms with E-state index in [2.05, 4.69) is 15.3 Å². The lowest BCUT2D eigenvalue weighted by Gasteiger charge is -2.22. The van der Waals surface area contributed by atoms with Crippen molar-refractivity contribution in [1.29, 1.82) is 0 Å². The van der Waals surface area contributed by atoms with Gasteiger partial charge in [-0.1, -0.05) is 18.2 Å². The van der Waals surface area contributed by atoms with Gasteiger partial charge < -0.3 is 15.3 Å². The van der Waals surface area contributed by atoms with E-state index in [9.17, 15) is 9.90 Å². The van der Waals surface area contributed by atoms with E-state index >= 15 is 0 Å². The first-order chi connectivity index (χ1) is 11.1. The fourth-order valence-corrected chi connectivity index (χ4v) is 2.49. The number of rotatable bonds is 6. The number of benzene rings is 1. The highest BCUT2D eigenvalue weighted by atomic mass is 16.3. The largest absolute Gasteiger partial charge is 0.396 e. The predicted octanol–water partition coefficient (Wildman–Crippen LogP) is 2.06. The zero-order valence-electron chi connectivity index (χ0n) is 13.1. The number of anilines is 2. The summed E-state index contributed by atoms with van der Waals surface area (Å²) < 4.78 is 0. The molecule has 0 atom stereocenters. The molecule has 1 aliphatic carbocycles. The molecular formula is C17H20N4O2. The number of hydrogen-bond donors (Lipinski definition) is 2. The van der Waals surface area contributed by atoms with Crippen molar-refractivity contribution in [2.75, 3.05) is 25.5 Å². The fraction of sp³-hybridized carbons (Fsp3) is 0.353. The summed E-state index contributed by atoms with van der Waals surface area (Å²) in [4.78, 5) is 22.4. The second kappa shape index (κ2) is 6.34. The van der Waals surface area contributed by atoms with Crippen LogP contribution in [0, 0.1) is 5.41 Å². The van der Waals surface area contributed by atoms with Crippen LogP contribution in [0.25, 0.3) is 0 Å². The molecule has 0 bridgehead atoms. The van der Waals surface area contributed by atoms with Crippen molar-refractivity contribution in [3.8, 4) is 0 Å². The molecule has 120 valence electrons. The smallest absolute Gasteiger partial charge is 0.256 e. The van der Waals surface area contributed by atoms with Crippen LogP contribution in [-0.2, 0) is 0 Å². The van der Waals surface area contributed by atoms with Crippen molar-refractivity contribution in [3.05, 3.63) is 48.3 Å². The third-order valence-electron chi connectivity index (χ3n) is 4.14. The number of carbonyl (C=O) groups is 1. The highest BCUT2D eigenvalue weighted by Gasteiger charge is 2.43. The van der Waals surface area contributed by atoms with Crippen molar-refractivity contribution < 1.29 is 9.90 Å². The zero-order valence-corrected chi connectivity index (χ0v) is 13.1. The Bertz CT molecular complexity index is 669. The number of hydrogen-bond acceptors (Lipinski definition) is 5. The summed E-state index contributed by atoms with van der Waals surface area (Å²) in [5, 5.41) is 12.4. The molecule has 1 heterocycles. The van der Waals surface area contributed by atoms with Crippen LogP contribution in [0.15, 0.2) is 42.7 Å². The quantitative estimate of drug-likeness (QED) is 0.853. The molecule has 1 aromatic carbocycles. The molecule has 1 fully saturated rings. The van der Waals surface area contributed by atoms with Crippen LogP contribution in [0.5, 0.6) is 0 Å². The Labute approximate surface area is 135 Å². The van der Waals surface area contributed by atoms with Crippen LogP contribution in [-0.4, -0.2) is 46.1 Å². The minimum Gasteiger partial charge on any atom is -0.396 e. The van der Waals surface area contributed by atoms with Gasteiger partial charge in [-0.25, -0.2) is 9.97 Å². The number of aliphatic hydroxyl groups excluding tert-OH is 1. The highest BCUT2D eigenvalue weighted by molar-refractivity contribution is 5.93. The van der Waals surface area contributed by atoms with Crippen LogP contribution in [0.1, 0.15) is 23.2 Å². The van der Waals surface area contributed by atoms with E-state index in [0.29, 0.717) is 18.1 Å². The average molecular weight is 312 g/mol. The molecule has 6 heteroatoms. The lowest BCUT2D eigenvalue weighted by atomic mass is 10.1. The van der Waals surface area contributed by atoms with Crippen LogP contribution in [0.2, 0.25) is 0 Å². The van der Waals surface area contributed by atoms with Crippen molar-refractivity contribution in [2.45, 2.75) is 12.8 Å². The standard InChI is InChI=1S/C17H20N4O2/c1-21(11-17(12-22)7-8-17)15(23)13-9-18-16(19-10-13)20-14-5-3-2-4-6-14/h2-6,9-10,22H,7-8,11-12H2,1H3,(H,18,19,20). The maximum atomic E-state index is 12.4. The second-order valence-electron chi connectivity index (χ2n) is 6.11. The molecule has 2 aromatic rings. The number of nitrogens with one attached hydrogen (secondary N) is 1. The third-order valence-corrected chi connectivity index (χ3v) is 4.14. The van der Waals surface area contributed by atoms with E-state index < -0.39 is 0 Å². The minimum atomic E-state index is -0.129. The van der Waals surface area contributed by atoms with Crippen LogP contribution in [0.3, 0.4) is 0 Å². The van der Waals surface area contributed by atoms with Crippen molar-refractivity contribution >= 4 is 17.5 Å². The molecule has 0 unspecified atom stereocenters. The first kappa shape index (κ1) is 15.4. The minimum absolute atomic E-state index is 0.0972. The van der Waals surface area contributed by atoms with E-state index in [-0.39, 0.29) is 17.9 Å². The Kier molecular flexibility index (Phi) is 4.25. The van der Waals surface area contributed by atoms with E-state index in [4.69, 9.17) is 0 Å². The Balaban J connectivity index is 1.63. The maximum absolute atomic E-state index is 12.4. The van der Waals surface area contributed by atoms with Gasteiger partial charge in [0.25, 0.3) is 5.91 Å². The predicted molar refractivity (Wildman–Crippen MR) is 87.5 cm³/mol. The summed E-state index contributed by atoms with van der Waals surface area (Å²) in [5.74, 6) is 0.320. The van der Waals surface area contributed by atoms with Crippen molar-refractivity contribution in [3.63, 3.8) is 0 Å². The summed E-state index contributed by atoms with van der Waals surface area (Å²) in [5.41, 5.74) is 1.24. The molecule has 23 heavy (non-hydrogen) atoms. The lowest BCUT2D eigenvalue weighted by Crippen LogP contribution is -2.34. The van der Waals surface area contributed by atoms with Gasteiger partial charge in [0.2, 0.25) is 5.95 Å². The Morgan fingerprint density at radius 1 is 1.26 bits per heavy atom. The average Bonchev–Trinajstić information content (AvgIpc) is 3.36. The summed E-state index contributed by atoms with van der Waals surface area (Å²) in [6.07, 6.45) is 4.99.